The Balaban J connectivity index is 1.38. The lowest BCUT2D eigenvalue weighted by Crippen LogP contribution is -2.10. The molecule has 0 saturated heterocycles. The maximum atomic E-state index is 13.7. The Hall–Kier alpha value is -7.02. The van der Waals surface area contributed by atoms with Crippen LogP contribution in [0, 0.1) is 27.7 Å². The van der Waals surface area contributed by atoms with Crippen molar-refractivity contribution < 1.29 is 25.2 Å². The molecular weight excluding hydrogens is 841 g/mol. The van der Waals surface area contributed by atoms with Gasteiger partial charge in [-0.15, -0.1) is 0 Å². The number of aryl methyl sites for hydroxylation is 4. The van der Waals surface area contributed by atoms with Crippen LogP contribution in [0.4, 0.5) is 0 Å². The van der Waals surface area contributed by atoms with Gasteiger partial charge < -0.3 is 18.3 Å². The molecule has 64 heavy (non-hydrogen) atoms. The molecule has 0 spiro atoms. The predicted octanol–water partition coefficient (Wildman–Crippen LogP) is 12.3. The van der Waals surface area contributed by atoms with Gasteiger partial charge in [0.2, 0.25) is 0 Å². The summed E-state index contributed by atoms with van der Waals surface area (Å²) >= 11 is 0. The summed E-state index contributed by atoms with van der Waals surface area (Å²) in [4.78, 5) is 18.2. The highest BCUT2D eigenvalue weighted by Crippen LogP contribution is 2.45. The Kier molecular flexibility index (Phi) is 10.5. The number of allylic oxidation sites excluding steroid dienone is 4. The van der Waals surface area contributed by atoms with Gasteiger partial charge in [0.25, 0.3) is 0 Å². The Morgan fingerprint density at radius 2 is 0.766 bits per heavy atom. The highest BCUT2D eigenvalue weighted by Gasteiger charge is 2.28. The summed E-state index contributed by atoms with van der Waals surface area (Å²) in [5.41, 5.74) is 15.9. The van der Waals surface area contributed by atoms with E-state index < -0.39 is 20.2 Å². The summed E-state index contributed by atoms with van der Waals surface area (Å²) in [7, 11) is -8.41. The molecule has 10 nitrogen and oxygen atoms in total. The van der Waals surface area contributed by atoms with Gasteiger partial charge in [0, 0.05) is 33.3 Å². The molecule has 0 unspecified atom stereocenters. The molecule has 0 fully saturated rings. The van der Waals surface area contributed by atoms with Crippen molar-refractivity contribution in [1.29, 1.82) is 0 Å². The smallest absolute Gasteiger partial charge is 0.339 e. The van der Waals surface area contributed by atoms with Gasteiger partial charge in [-0.05, 0) is 148 Å². The average Bonchev–Trinajstić information content (AvgIpc) is 3.93. The molecule has 0 saturated carbocycles. The van der Waals surface area contributed by atoms with Crippen molar-refractivity contribution in [3.05, 3.63) is 166 Å². The van der Waals surface area contributed by atoms with Gasteiger partial charge in [0.15, 0.2) is 11.5 Å². The van der Waals surface area contributed by atoms with E-state index in [9.17, 15) is 16.8 Å². The predicted molar refractivity (Wildman–Crippen MR) is 256 cm³/mol. The molecule has 5 heterocycles. The van der Waals surface area contributed by atoms with Crippen LogP contribution in [-0.2, 0) is 20.2 Å². The zero-order valence-corrected chi connectivity index (χ0v) is 38.3. The molecule has 322 valence electrons. The number of para-hydroxylation sites is 2. The molecule has 2 aliphatic rings. The van der Waals surface area contributed by atoms with Crippen molar-refractivity contribution in [3.8, 4) is 33.8 Å². The Morgan fingerprint density at radius 3 is 1.14 bits per heavy atom. The van der Waals surface area contributed by atoms with E-state index in [0.717, 1.165) is 78.0 Å². The number of aromatic amines is 2. The largest absolute Gasteiger partial charge is 0.378 e. The van der Waals surface area contributed by atoms with E-state index in [1.807, 2.05) is 91.8 Å². The number of rotatable bonds is 8. The normalized spacial score (nSPS) is 13.1. The number of benzene rings is 4. The lowest BCUT2D eigenvalue weighted by atomic mass is 9.96. The molecule has 0 atom stereocenters. The second-order valence-corrected chi connectivity index (χ2v) is 19.3. The maximum Gasteiger partial charge on any atom is 0.339 e. The first kappa shape index (κ1) is 42.3. The SMILES string of the molecule is CC1=C(C)c2nc1cc1[nH]c(c(C)c1C)c(-c1ccccc1OS(=O)(=O)c1ccccc1)c1nc(cc3[nH]c(c(C)c3C)c2-c2ccccc2OS(=O)(=O)c2ccccc2)C(C)=C1C. The molecule has 7 aromatic rings. The van der Waals surface area contributed by atoms with Crippen LogP contribution in [0.15, 0.2) is 131 Å². The van der Waals surface area contributed by atoms with E-state index >= 15 is 0 Å². The number of aromatic nitrogens is 4. The fraction of sp³-hybridized carbons (Fsp3) is 0.154. The number of nitrogens with one attached hydrogen (secondary N) is 2. The van der Waals surface area contributed by atoms with Gasteiger partial charge in [0.1, 0.15) is 9.79 Å². The van der Waals surface area contributed by atoms with Crippen LogP contribution in [0.2, 0.25) is 0 Å². The third kappa shape index (κ3) is 7.22. The average molecular weight is 887 g/mol. The van der Waals surface area contributed by atoms with Gasteiger partial charge in [-0.25, -0.2) is 9.97 Å². The summed E-state index contributed by atoms with van der Waals surface area (Å²) in [5.74, 6) is 0.327. The minimum atomic E-state index is -4.20. The Morgan fingerprint density at radius 1 is 0.422 bits per heavy atom. The fourth-order valence-corrected chi connectivity index (χ4v) is 10.3. The van der Waals surface area contributed by atoms with E-state index in [1.54, 1.807) is 60.7 Å². The topological polar surface area (TPSA) is 144 Å². The molecule has 3 aromatic heterocycles. The van der Waals surface area contributed by atoms with E-state index in [2.05, 4.69) is 9.97 Å². The third-order valence-corrected chi connectivity index (χ3v) is 15.1. The second kappa shape index (κ2) is 16.0. The molecule has 2 N–H and O–H groups in total. The van der Waals surface area contributed by atoms with Crippen LogP contribution in [0.3, 0.4) is 0 Å². The van der Waals surface area contributed by atoms with E-state index in [-0.39, 0.29) is 21.3 Å². The second-order valence-electron chi connectivity index (χ2n) is 16.3. The van der Waals surface area contributed by atoms with E-state index in [4.69, 9.17) is 18.3 Å². The fourth-order valence-electron chi connectivity index (χ4n) is 8.33. The summed E-state index contributed by atoms with van der Waals surface area (Å²) < 4.78 is 67.0. The van der Waals surface area contributed by atoms with Crippen molar-refractivity contribution in [2.75, 3.05) is 0 Å². The Bertz CT molecular complexity index is 3310. The highest BCUT2D eigenvalue weighted by atomic mass is 32.2. The minimum Gasteiger partial charge on any atom is -0.378 e. The van der Waals surface area contributed by atoms with Gasteiger partial charge >= 0.3 is 20.2 Å². The molecule has 4 aromatic carbocycles. The quantitative estimate of drug-likeness (QED) is 0.144. The standard InChI is InChI=1S/C52H46N4O6S2/c1-29-33(5)49-47(39-23-15-17-25-45(39)61-63(57,58)37-19-11-9-12-20-37)50-35(7)31(3)43(55-50)28-44-32(4)36(8)52(56-44)48(51-34(6)30(2)42(54-51)27-41(29)53-49)40-24-16-18-26-46(40)62-64(59,60)38-21-13-10-14-22-38/h9-28,53,56H,1-8H3. The molecule has 12 heteroatoms. The molecule has 0 aliphatic carbocycles. The number of hydrogen-bond acceptors (Lipinski definition) is 8. The lowest BCUT2D eigenvalue weighted by molar-refractivity contribution is 0.485. The van der Waals surface area contributed by atoms with Crippen LogP contribution in [-0.4, -0.2) is 36.8 Å². The van der Waals surface area contributed by atoms with Gasteiger partial charge in [-0.3, -0.25) is 0 Å². The van der Waals surface area contributed by atoms with Gasteiger partial charge in [-0.2, -0.15) is 16.8 Å². The van der Waals surface area contributed by atoms with Crippen LogP contribution in [0.5, 0.6) is 11.5 Å². The van der Waals surface area contributed by atoms with Crippen molar-refractivity contribution in [1.82, 2.24) is 19.9 Å². The third-order valence-electron chi connectivity index (χ3n) is 12.6. The summed E-state index contributed by atoms with van der Waals surface area (Å²) in [5, 5.41) is 0. The zero-order chi connectivity index (χ0) is 45.2. The van der Waals surface area contributed by atoms with Gasteiger partial charge in [0.05, 0.1) is 33.8 Å². The van der Waals surface area contributed by atoms with Crippen molar-refractivity contribution >= 4 is 64.6 Å². The summed E-state index contributed by atoms with van der Waals surface area (Å²) in [6, 6.07) is 34.6. The summed E-state index contributed by atoms with van der Waals surface area (Å²) in [6.45, 7) is 16.3. The highest BCUT2D eigenvalue weighted by molar-refractivity contribution is 7.87. The number of fused-ring (bicyclic) bond motifs is 8. The molecule has 8 bridgehead atoms. The van der Waals surface area contributed by atoms with Crippen molar-refractivity contribution in [3.63, 3.8) is 0 Å². The Labute approximate surface area is 373 Å². The number of hydrogen-bond donors (Lipinski definition) is 2. The van der Waals surface area contributed by atoms with E-state index in [1.165, 1.54) is 24.3 Å². The first-order valence-corrected chi connectivity index (χ1v) is 23.7. The summed E-state index contributed by atoms with van der Waals surface area (Å²) in [6.07, 6.45) is 0. The zero-order valence-electron chi connectivity index (χ0n) is 36.7. The van der Waals surface area contributed by atoms with Gasteiger partial charge in [-0.1, -0.05) is 72.8 Å². The van der Waals surface area contributed by atoms with Crippen LogP contribution in [0.1, 0.15) is 72.7 Å². The van der Waals surface area contributed by atoms with Crippen molar-refractivity contribution in [2.45, 2.75) is 65.2 Å². The first-order valence-electron chi connectivity index (χ1n) is 20.8. The number of H-pyrrole nitrogens is 2. The number of nitrogens with zero attached hydrogens (tertiary/aromatic N) is 2. The lowest BCUT2D eigenvalue weighted by Gasteiger charge is -2.14. The maximum absolute atomic E-state index is 13.7. The minimum absolute atomic E-state index is 0.0452. The molecule has 2 aliphatic heterocycles. The first-order chi connectivity index (χ1) is 30.6. The molecular formula is C52H46N4O6S2. The molecule has 9 rings (SSSR count). The molecule has 0 amide bonds. The van der Waals surface area contributed by atoms with E-state index in [0.29, 0.717) is 33.6 Å². The van der Waals surface area contributed by atoms with Crippen LogP contribution in [0.25, 0.3) is 66.6 Å². The monoisotopic (exact) mass is 886 g/mol. The molecule has 0 radical (unpaired) electrons. The van der Waals surface area contributed by atoms with Crippen LogP contribution < -0.4 is 8.37 Å². The van der Waals surface area contributed by atoms with Crippen molar-refractivity contribution in [2.24, 2.45) is 0 Å². The van der Waals surface area contributed by atoms with Crippen LogP contribution >= 0.6 is 0 Å².